The van der Waals surface area contributed by atoms with E-state index >= 15 is 0 Å². The molecule has 0 spiro atoms. The zero-order valence-corrected chi connectivity index (χ0v) is 15.8. The van der Waals surface area contributed by atoms with Crippen LogP contribution in [0.4, 0.5) is 16.2 Å². The van der Waals surface area contributed by atoms with Crippen LogP contribution in [0.5, 0.6) is 0 Å². The summed E-state index contributed by atoms with van der Waals surface area (Å²) in [6.07, 6.45) is 1.74. The molecule has 0 unspecified atom stereocenters. The first-order chi connectivity index (χ1) is 14.0. The third kappa shape index (κ3) is 5.64. The predicted molar refractivity (Wildman–Crippen MR) is 117 cm³/mol. The average Bonchev–Trinajstić information content (AvgIpc) is 2.73. The van der Waals surface area contributed by atoms with Gasteiger partial charge < -0.3 is 22.1 Å². The second kappa shape index (κ2) is 9.14. The van der Waals surface area contributed by atoms with Crippen molar-refractivity contribution in [2.45, 2.75) is 6.92 Å². The van der Waals surface area contributed by atoms with E-state index in [1.807, 2.05) is 54.6 Å². The maximum atomic E-state index is 12.2. The van der Waals surface area contributed by atoms with E-state index in [1.165, 1.54) is 0 Å². The SMILES string of the molecule is C/C(=N\N=C(N)N)c1ccc(NC(=O)Nc2ccc(-c3ccccn3)cc2)cc1. The monoisotopic (exact) mass is 387 g/mol. The number of anilines is 2. The van der Waals surface area contributed by atoms with Gasteiger partial charge in [0.1, 0.15) is 0 Å². The minimum absolute atomic E-state index is 0.104. The summed E-state index contributed by atoms with van der Waals surface area (Å²) in [5.74, 6) is -0.104. The molecule has 3 aromatic rings. The van der Waals surface area contributed by atoms with Crippen molar-refractivity contribution in [1.29, 1.82) is 0 Å². The largest absolute Gasteiger partial charge is 0.369 e. The Hall–Kier alpha value is -4.20. The molecule has 0 fully saturated rings. The maximum absolute atomic E-state index is 12.2. The lowest BCUT2D eigenvalue weighted by molar-refractivity contribution is 0.262. The van der Waals surface area contributed by atoms with Crippen molar-refractivity contribution in [3.63, 3.8) is 0 Å². The van der Waals surface area contributed by atoms with Crippen LogP contribution < -0.4 is 22.1 Å². The Morgan fingerprint density at radius 2 is 1.48 bits per heavy atom. The van der Waals surface area contributed by atoms with Gasteiger partial charge >= 0.3 is 6.03 Å². The number of pyridine rings is 1. The topological polar surface area (TPSA) is 131 Å². The molecule has 1 aromatic heterocycles. The zero-order chi connectivity index (χ0) is 20.6. The van der Waals surface area contributed by atoms with Crippen LogP contribution in [0.1, 0.15) is 12.5 Å². The van der Waals surface area contributed by atoms with Crippen molar-refractivity contribution in [3.05, 3.63) is 78.5 Å². The second-order valence-corrected chi connectivity index (χ2v) is 6.16. The van der Waals surface area contributed by atoms with Crippen LogP contribution in [0.3, 0.4) is 0 Å². The van der Waals surface area contributed by atoms with E-state index in [-0.39, 0.29) is 12.0 Å². The normalized spacial score (nSPS) is 10.9. The number of nitrogens with one attached hydrogen (secondary N) is 2. The molecule has 29 heavy (non-hydrogen) atoms. The van der Waals surface area contributed by atoms with Crippen molar-refractivity contribution in [2.24, 2.45) is 21.7 Å². The van der Waals surface area contributed by atoms with Gasteiger partial charge in [0, 0.05) is 23.1 Å². The highest BCUT2D eigenvalue weighted by Gasteiger charge is 2.05. The van der Waals surface area contributed by atoms with Gasteiger partial charge in [-0.05, 0) is 48.9 Å². The van der Waals surface area contributed by atoms with Gasteiger partial charge in [-0.2, -0.15) is 5.10 Å². The maximum Gasteiger partial charge on any atom is 0.323 e. The van der Waals surface area contributed by atoms with Gasteiger partial charge in [-0.1, -0.05) is 30.3 Å². The summed E-state index contributed by atoms with van der Waals surface area (Å²) in [6.45, 7) is 1.79. The smallest absolute Gasteiger partial charge is 0.323 e. The number of guanidine groups is 1. The van der Waals surface area contributed by atoms with Crippen LogP contribution in [-0.4, -0.2) is 22.7 Å². The quantitative estimate of drug-likeness (QED) is 0.303. The highest BCUT2D eigenvalue weighted by atomic mass is 16.2. The summed E-state index contributed by atoms with van der Waals surface area (Å²) < 4.78 is 0. The molecule has 2 amide bonds. The number of amides is 2. The Morgan fingerprint density at radius 1 is 0.862 bits per heavy atom. The van der Waals surface area contributed by atoms with Crippen molar-refractivity contribution >= 4 is 29.1 Å². The number of carbonyl (C=O) groups excluding carboxylic acids is 1. The minimum atomic E-state index is -0.339. The minimum Gasteiger partial charge on any atom is -0.369 e. The number of rotatable bonds is 5. The summed E-state index contributed by atoms with van der Waals surface area (Å²) in [6, 6.07) is 20.0. The lowest BCUT2D eigenvalue weighted by atomic mass is 10.1. The van der Waals surface area contributed by atoms with E-state index in [1.54, 1.807) is 25.3 Å². The average molecular weight is 387 g/mol. The number of hydrogen-bond donors (Lipinski definition) is 4. The molecule has 0 aliphatic rings. The number of hydrogen-bond acceptors (Lipinski definition) is 4. The number of nitrogens with zero attached hydrogens (tertiary/aromatic N) is 3. The first-order valence-electron chi connectivity index (χ1n) is 8.84. The number of carbonyl (C=O) groups is 1. The van der Waals surface area contributed by atoms with Gasteiger partial charge in [0.2, 0.25) is 5.96 Å². The molecule has 8 heteroatoms. The van der Waals surface area contributed by atoms with Gasteiger partial charge in [0.05, 0.1) is 11.4 Å². The summed E-state index contributed by atoms with van der Waals surface area (Å²) in [7, 11) is 0. The fourth-order valence-corrected chi connectivity index (χ4v) is 2.54. The Labute approximate surface area is 168 Å². The van der Waals surface area contributed by atoms with Crippen molar-refractivity contribution in [2.75, 3.05) is 10.6 Å². The molecule has 6 N–H and O–H groups in total. The molecular weight excluding hydrogens is 366 g/mol. The van der Waals surface area contributed by atoms with Crippen LogP contribution in [0.15, 0.2) is 83.1 Å². The first-order valence-corrected chi connectivity index (χ1v) is 8.84. The summed E-state index contributed by atoms with van der Waals surface area (Å²) in [4.78, 5) is 16.5. The van der Waals surface area contributed by atoms with E-state index in [0.717, 1.165) is 16.8 Å². The number of aromatic nitrogens is 1. The van der Waals surface area contributed by atoms with Gasteiger partial charge in [0.25, 0.3) is 0 Å². The standard InChI is InChI=1S/C21H21N7O/c1-14(27-28-20(22)23)15-5-9-17(10-6-15)25-21(29)26-18-11-7-16(8-12-18)19-4-2-3-13-24-19/h2-13H,1H3,(H4,22,23,28)(H2,25,26,29)/b27-14+. The van der Waals surface area contributed by atoms with Gasteiger partial charge in [0.15, 0.2) is 0 Å². The Bertz CT molecular complexity index is 1020. The molecule has 0 aliphatic carbocycles. The summed E-state index contributed by atoms with van der Waals surface area (Å²) in [5.41, 5.74) is 15.2. The lowest BCUT2D eigenvalue weighted by Gasteiger charge is -2.09. The number of urea groups is 1. The fourth-order valence-electron chi connectivity index (χ4n) is 2.54. The van der Waals surface area contributed by atoms with Crippen LogP contribution >= 0.6 is 0 Å². The molecule has 2 aromatic carbocycles. The first kappa shape index (κ1) is 19.6. The number of nitrogens with two attached hydrogens (primary N) is 2. The molecule has 0 saturated carbocycles. The van der Waals surface area contributed by atoms with Gasteiger partial charge in [-0.25, -0.2) is 4.79 Å². The van der Waals surface area contributed by atoms with E-state index in [0.29, 0.717) is 17.1 Å². The fraction of sp³-hybridized carbons (Fsp3) is 0.0476. The van der Waals surface area contributed by atoms with Crippen LogP contribution in [-0.2, 0) is 0 Å². The van der Waals surface area contributed by atoms with E-state index in [2.05, 4.69) is 25.8 Å². The van der Waals surface area contributed by atoms with Crippen LogP contribution in [0.2, 0.25) is 0 Å². The van der Waals surface area contributed by atoms with Crippen molar-refractivity contribution in [3.8, 4) is 11.3 Å². The van der Waals surface area contributed by atoms with Crippen molar-refractivity contribution < 1.29 is 4.79 Å². The molecule has 146 valence electrons. The van der Waals surface area contributed by atoms with Crippen molar-refractivity contribution in [1.82, 2.24) is 4.98 Å². The predicted octanol–water partition coefficient (Wildman–Crippen LogP) is 3.39. The highest BCUT2D eigenvalue weighted by Crippen LogP contribution is 2.19. The molecule has 3 rings (SSSR count). The second-order valence-electron chi connectivity index (χ2n) is 6.16. The highest BCUT2D eigenvalue weighted by molar-refractivity contribution is 6.01. The van der Waals surface area contributed by atoms with E-state index in [4.69, 9.17) is 11.5 Å². The lowest BCUT2D eigenvalue weighted by Crippen LogP contribution is -2.22. The Kier molecular flexibility index (Phi) is 6.16. The molecular formula is C21H21N7O. The molecule has 0 aliphatic heterocycles. The number of benzene rings is 2. The van der Waals surface area contributed by atoms with E-state index in [9.17, 15) is 4.79 Å². The molecule has 0 radical (unpaired) electrons. The Balaban J connectivity index is 1.59. The third-order valence-corrected chi connectivity index (χ3v) is 3.98. The summed E-state index contributed by atoms with van der Waals surface area (Å²) >= 11 is 0. The summed E-state index contributed by atoms with van der Waals surface area (Å²) in [5, 5.41) is 13.1. The van der Waals surface area contributed by atoms with Gasteiger partial charge in [-0.3, -0.25) is 4.98 Å². The zero-order valence-electron chi connectivity index (χ0n) is 15.8. The molecule has 0 saturated heterocycles. The third-order valence-electron chi connectivity index (χ3n) is 3.98. The van der Waals surface area contributed by atoms with Crippen LogP contribution in [0.25, 0.3) is 11.3 Å². The molecule has 1 heterocycles. The molecule has 0 bridgehead atoms. The van der Waals surface area contributed by atoms with Crippen LogP contribution in [0, 0.1) is 0 Å². The Morgan fingerprint density at radius 3 is 2.03 bits per heavy atom. The van der Waals surface area contributed by atoms with E-state index < -0.39 is 0 Å². The molecule has 0 atom stereocenters. The van der Waals surface area contributed by atoms with Gasteiger partial charge in [-0.15, -0.1) is 5.10 Å². The molecule has 8 nitrogen and oxygen atoms in total.